The van der Waals surface area contributed by atoms with Crippen LogP contribution in [0.3, 0.4) is 0 Å². The predicted octanol–water partition coefficient (Wildman–Crippen LogP) is 5.06. The molecule has 3 heteroatoms. The molecule has 0 aliphatic rings. The third kappa shape index (κ3) is 4.39. The zero-order chi connectivity index (χ0) is 15.3. The first kappa shape index (κ1) is 15.2. The molecule has 0 atom stereocenters. The third-order valence-corrected chi connectivity index (χ3v) is 3.06. The molecule has 0 aliphatic carbocycles. The van der Waals surface area contributed by atoms with E-state index in [1.165, 1.54) is 17.7 Å². The molecule has 0 saturated carbocycles. The second-order valence-corrected chi connectivity index (χ2v) is 4.77. The maximum Gasteiger partial charge on any atom is 0.416 e. The number of aryl methyl sites for hydroxylation is 1. The van der Waals surface area contributed by atoms with E-state index in [0.29, 0.717) is 5.56 Å². The zero-order valence-corrected chi connectivity index (χ0v) is 11.7. The number of rotatable bonds is 2. The Morgan fingerprint density at radius 2 is 1.29 bits per heavy atom. The lowest BCUT2D eigenvalue weighted by Gasteiger charge is -2.05. The second kappa shape index (κ2) is 6.49. The van der Waals surface area contributed by atoms with Gasteiger partial charge in [-0.1, -0.05) is 37.3 Å². The first-order valence-corrected chi connectivity index (χ1v) is 6.77. The lowest BCUT2D eigenvalue weighted by molar-refractivity contribution is -0.137. The van der Waals surface area contributed by atoms with Gasteiger partial charge >= 0.3 is 6.18 Å². The Hall–Kier alpha value is -2.21. The largest absolute Gasteiger partial charge is 0.416 e. The number of hydrogen-bond acceptors (Lipinski definition) is 0. The fourth-order valence-corrected chi connectivity index (χ4v) is 1.93. The second-order valence-electron chi connectivity index (χ2n) is 4.77. The molecule has 21 heavy (non-hydrogen) atoms. The van der Waals surface area contributed by atoms with Gasteiger partial charge < -0.3 is 0 Å². The maximum absolute atomic E-state index is 12.4. The number of benzene rings is 2. The van der Waals surface area contributed by atoms with E-state index < -0.39 is 11.7 Å². The minimum Gasteiger partial charge on any atom is -0.166 e. The van der Waals surface area contributed by atoms with Gasteiger partial charge in [-0.15, -0.1) is 0 Å². The molecule has 108 valence electrons. The maximum atomic E-state index is 12.4. The Labute approximate surface area is 122 Å². The van der Waals surface area contributed by atoms with Crippen molar-refractivity contribution in [1.29, 1.82) is 0 Å². The summed E-state index contributed by atoms with van der Waals surface area (Å²) in [7, 11) is 0. The molecule has 2 rings (SSSR count). The van der Waals surface area contributed by atoms with Crippen molar-refractivity contribution in [3.05, 3.63) is 70.8 Å². The average molecular weight is 288 g/mol. The Kier molecular flexibility index (Phi) is 4.70. The van der Waals surface area contributed by atoms with Crippen LogP contribution in [-0.4, -0.2) is 0 Å². The van der Waals surface area contributed by atoms with E-state index in [0.717, 1.165) is 30.5 Å². The monoisotopic (exact) mass is 288 g/mol. The summed E-state index contributed by atoms with van der Waals surface area (Å²) in [6.45, 7) is 2.12. The lowest BCUT2D eigenvalue weighted by Crippen LogP contribution is -2.04. The highest BCUT2D eigenvalue weighted by Gasteiger charge is 2.29. The van der Waals surface area contributed by atoms with Gasteiger partial charge in [0, 0.05) is 11.1 Å². The number of halogens is 3. The van der Waals surface area contributed by atoms with E-state index >= 15 is 0 Å². The van der Waals surface area contributed by atoms with E-state index in [4.69, 9.17) is 0 Å². The molecule has 0 aromatic heterocycles. The van der Waals surface area contributed by atoms with Crippen LogP contribution in [0.5, 0.6) is 0 Å². The van der Waals surface area contributed by atoms with Crippen LogP contribution in [-0.2, 0) is 12.6 Å². The van der Waals surface area contributed by atoms with Gasteiger partial charge in [-0.3, -0.25) is 0 Å². The van der Waals surface area contributed by atoms with Gasteiger partial charge in [0.15, 0.2) is 0 Å². The van der Waals surface area contributed by atoms with Crippen molar-refractivity contribution in [3.8, 4) is 11.8 Å². The van der Waals surface area contributed by atoms with Crippen molar-refractivity contribution < 1.29 is 13.2 Å². The third-order valence-electron chi connectivity index (χ3n) is 3.06. The van der Waals surface area contributed by atoms with Gasteiger partial charge in [0.25, 0.3) is 0 Å². The van der Waals surface area contributed by atoms with Crippen LogP contribution in [0.1, 0.15) is 35.6 Å². The van der Waals surface area contributed by atoms with Crippen molar-refractivity contribution in [1.82, 2.24) is 0 Å². The molecule has 0 heterocycles. The highest BCUT2D eigenvalue weighted by atomic mass is 19.4. The van der Waals surface area contributed by atoms with Gasteiger partial charge in [-0.2, -0.15) is 13.2 Å². The van der Waals surface area contributed by atoms with Gasteiger partial charge in [-0.05, 0) is 48.4 Å². The summed E-state index contributed by atoms with van der Waals surface area (Å²) in [6, 6.07) is 12.8. The van der Waals surface area contributed by atoms with E-state index in [9.17, 15) is 13.2 Å². The molecule has 0 bridgehead atoms. The Morgan fingerprint density at radius 1 is 0.810 bits per heavy atom. The fraction of sp³-hybridized carbons (Fsp3) is 0.222. The predicted molar refractivity (Wildman–Crippen MR) is 77.9 cm³/mol. The minimum atomic E-state index is -4.30. The first-order chi connectivity index (χ1) is 9.99. The van der Waals surface area contributed by atoms with Crippen LogP contribution in [0.4, 0.5) is 13.2 Å². The molecule has 0 amide bonds. The van der Waals surface area contributed by atoms with E-state index in [1.807, 2.05) is 24.3 Å². The van der Waals surface area contributed by atoms with Gasteiger partial charge in [0.1, 0.15) is 0 Å². The Morgan fingerprint density at radius 3 is 1.71 bits per heavy atom. The quantitative estimate of drug-likeness (QED) is 0.678. The fourth-order valence-electron chi connectivity index (χ4n) is 1.93. The average Bonchev–Trinajstić information content (AvgIpc) is 2.46. The van der Waals surface area contributed by atoms with Crippen molar-refractivity contribution in [2.45, 2.75) is 25.9 Å². The lowest BCUT2D eigenvalue weighted by atomic mass is 10.1. The molecular formula is C18H15F3. The van der Waals surface area contributed by atoms with Crippen LogP contribution >= 0.6 is 0 Å². The number of alkyl halides is 3. The first-order valence-electron chi connectivity index (χ1n) is 6.77. The Balaban J connectivity index is 2.11. The van der Waals surface area contributed by atoms with E-state index in [2.05, 4.69) is 18.8 Å². The molecule has 2 aromatic rings. The summed E-state index contributed by atoms with van der Waals surface area (Å²) in [4.78, 5) is 0. The molecule has 0 unspecified atom stereocenters. The smallest absolute Gasteiger partial charge is 0.166 e. The van der Waals surface area contributed by atoms with E-state index in [1.54, 1.807) is 0 Å². The minimum absolute atomic E-state index is 0.570. The number of hydrogen-bond donors (Lipinski definition) is 0. The van der Waals surface area contributed by atoms with Crippen LogP contribution in [0.25, 0.3) is 0 Å². The summed E-state index contributed by atoms with van der Waals surface area (Å²) in [5.41, 5.74) is 2.03. The normalized spacial score (nSPS) is 10.9. The summed E-state index contributed by atoms with van der Waals surface area (Å²) in [5.74, 6) is 5.83. The Bertz CT molecular complexity index is 638. The van der Waals surface area contributed by atoms with Crippen molar-refractivity contribution in [2.24, 2.45) is 0 Å². The zero-order valence-electron chi connectivity index (χ0n) is 11.7. The van der Waals surface area contributed by atoms with Crippen molar-refractivity contribution in [3.63, 3.8) is 0 Å². The molecule has 0 radical (unpaired) electrons. The SMILES string of the molecule is CCCc1ccc(C#Cc2ccc(C(F)(F)F)cc2)cc1. The van der Waals surface area contributed by atoms with Gasteiger partial charge in [0.2, 0.25) is 0 Å². The van der Waals surface area contributed by atoms with Crippen LogP contribution < -0.4 is 0 Å². The van der Waals surface area contributed by atoms with E-state index in [-0.39, 0.29) is 0 Å². The topological polar surface area (TPSA) is 0 Å². The van der Waals surface area contributed by atoms with Crippen LogP contribution in [0, 0.1) is 11.8 Å². The van der Waals surface area contributed by atoms with Gasteiger partial charge in [0.05, 0.1) is 5.56 Å². The van der Waals surface area contributed by atoms with Crippen molar-refractivity contribution >= 4 is 0 Å². The molecule has 2 aromatic carbocycles. The molecule has 0 N–H and O–H groups in total. The summed E-state index contributed by atoms with van der Waals surface area (Å²) >= 11 is 0. The highest BCUT2D eigenvalue weighted by Crippen LogP contribution is 2.28. The molecule has 0 nitrogen and oxygen atoms in total. The molecule has 0 saturated heterocycles. The standard InChI is InChI=1S/C18H15F3/c1-2-3-14-4-6-15(7-5-14)8-9-16-10-12-17(13-11-16)18(19,20)21/h4-7,10-13H,2-3H2,1H3. The van der Waals surface area contributed by atoms with Gasteiger partial charge in [-0.25, -0.2) is 0 Å². The highest BCUT2D eigenvalue weighted by molar-refractivity contribution is 5.44. The van der Waals surface area contributed by atoms with Crippen LogP contribution in [0.15, 0.2) is 48.5 Å². The molecule has 0 aliphatic heterocycles. The molecule has 0 spiro atoms. The summed E-state index contributed by atoms with van der Waals surface area (Å²) in [6.07, 6.45) is -2.18. The summed E-state index contributed by atoms with van der Waals surface area (Å²) < 4.78 is 37.3. The van der Waals surface area contributed by atoms with Crippen molar-refractivity contribution in [2.75, 3.05) is 0 Å². The van der Waals surface area contributed by atoms with Crippen LogP contribution in [0.2, 0.25) is 0 Å². The molecular weight excluding hydrogens is 273 g/mol. The summed E-state index contributed by atoms with van der Waals surface area (Å²) in [5, 5.41) is 0. The molecule has 0 fully saturated rings.